The zero-order valence-electron chi connectivity index (χ0n) is 5.34. The van der Waals surface area contributed by atoms with E-state index in [0.717, 1.165) is 0 Å². The fourth-order valence-electron chi connectivity index (χ4n) is 0.324. The number of aliphatic hydroxyl groups is 1. The first-order chi connectivity index (χ1) is 4.75. The monoisotopic (exact) mass is 174 g/mol. The maximum Gasteiger partial charge on any atom is 0.455 e. The highest BCUT2D eigenvalue weighted by Crippen LogP contribution is 2.30. The van der Waals surface area contributed by atoms with Crippen molar-refractivity contribution in [2.45, 2.75) is 12.0 Å². The molecule has 0 fully saturated rings. The molecular formula is C4H5F3O4. The second-order valence-corrected chi connectivity index (χ2v) is 1.65. The molecule has 0 amide bonds. The van der Waals surface area contributed by atoms with E-state index in [-0.39, 0.29) is 0 Å². The van der Waals surface area contributed by atoms with Crippen molar-refractivity contribution in [1.29, 1.82) is 0 Å². The lowest BCUT2D eigenvalue weighted by molar-refractivity contribution is -0.344. The van der Waals surface area contributed by atoms with E-state index >= 15 is 0 Å². The van der Waals surface area contributed by atoms with Crippen LogP contribution in [0.5, 0.6) is 0 Å². The van der Waals surface area contributed by atoms with Gasteiger partial charge in [0.2, 0.25) is 0 Å². The lowest BCUT2D eigenvalue weighted by Gasteiger charge is -2.23. The first-order valence-corrected chi connectivity index (χ1v) is 2.33. The summed E-state index contributed by atoms with van der Waals surface area (Å²) in [5, 5.41) is 16.2. The Kier molecular flexibility index (Phi) is 2.47. The Morgan fingerprint density at radius 1 is 1.45 bits per heavy atom. The Bertz CT molecular complexity index is 165. The number of rotatable bonds is 2. The van der Waals surface area contributed by atoms with E-state index < -0.39 is 17.9 Å². The van der Waals surface area contributed by atoms with Crippen LogP contribution in [0.3, 0.4) is 0 Å². The summed E-state index contributed by atoms with van der Waals surface area (Å²) >= 11 is 0. The van der Waals surface area contributed by atoms with Gasteiger partial charge in [0, 0.05) is 7.11 Å². The largest absolute Gasteiger partial charge is 0.477 e. The van der Waals surface area contributed by atoms with Crippen LogP contribution in [0.15, 0.2) is 0 Å². The van der Waals surface area contributed by atoms with Crippen molar-refractivity contribution in [1.82, 2.24) is 0 Å². The number of aliphatic carboxylic acids is 1. The van der Waals surface area contributed by atoms with Crippen molar-refractivity contribution in [3.63, 3.8) is 0 Å². The smallest absolute Gasteiger partial charge is 0.455 e. The van der Waals surface area contributed by atoms with E-state index in [1.54, 1.807) is 0 Å². The number of carbonyl (C=O) groups is 1. The topological polar surface area (TPSA) is 66.8 Å². The van der Waals surface area contributed by atoms with Gasteiger partial charge in [-0.15, -0.1) is 0 Å². The van der Waals surface area contributed by atoms with Gasteiger partial charge in [-0.25, -0.2) is 4.79 Å². The third kappa shape index (κ3) is 1.60. The number of alkyl halides is 3. The zero-order valence-corrected chi connectivity index (χ0v) is 5.34. The summed E-state index contributed by atoms with van der Waals surface area (Å²) in [6.45, 7) is 0. The van der Waals surface area contributed by atoms with E-state index in [1.807, 2.05) is 0 Å². The van der Waals surface area contributed by atoms with E-state index in [2.05, 4.69) is 4.74 Å². The molecule has 2 N–H and O–H groups in total. The van der Waals surface area contributed by atoms with Crippen molar-refractivity contribution in [3.05, 3.63) is 0 Å². The lowest BCUT2D eigenvalue weighted by atomic mass is 10.3. The molecule has 0 heterocycles. The first kappa shape index (κ1) is 10.2. The average Bonchev–Trinajstić information content (AvgIpc) is 1.83. The third-order valence-corrected chi connectivity index (χ3v) is 0.970. The Balaban J connectivity index is 4.75. The average molecular weight is 174 g/mol. The summed E-state index contributed by atoms with van der Waals surface area (Å²) in [4.78, 5) is 9.80. The summed E-state index contributed by atoms with van der Waals surface area (Å²) in [5.74, 6) is -6.60. The molecule has 0 spiro atoms. The maximum atomic E-state index is 11.6. The minimum atomic E-state index is -5.34. The number of methoxy groups -OCH3 is 1. The van der Waals surface area contributed by atoms with Gasteiger partial charge in [-0.1, -0.05) is 0 Å². The van der Waals surface area contributed by atoms with Crippen molar-refractivity contribution < 1.29 is 32.9 Å². The van der Waals surface area contributed by atoms with Gasteiger partial charge in [-0.05, 0) is 0 Å². The SMILES string of the molecule is COC(O)(C(=O)O)C(F)(F)F. The standard InChI is InChI=1S/C4H5F3O4/c1-11-3(10,2(8)9)4(5,6)7/h10H,1H3,(H,8,9). The number of halogens is 3. The van der Waals surface area contributed by atoms with Gasteiger partial charge < -0.3 is 14.9 Å². The van der Waals surface area contributed by atoms with Gasteiger partial charge >= 0.3 is 17.9 Å². The molecule has 0 aromatic rings. The molecule has 11 heavy (non-hydrogen) atoms. The molecule has 1 atom stereocenters. The molecule has 0 aliphatic heterocycles. The Hall–Kier alpha value is -0.820. The van der Waals surface area contributed by atoms with Crippen molar-refractivity contribution >= 4 is 5.97 Å². The molecule has 0 saturated carbocycles. The summed E-state index contributed by atoms with van der Waals surface area (Å²) in [6.07, 6.45) is -5.34. The zero-order chi connectivity index (χ0) is 9.28. The van der Waals surface area contributed by atoms with Crippen molar-refractivity contribution in [2.75, 3.05) is 7.11 Å². The summed E-state index contributed by atoms with van der Waals surface area (Å²) in [5.41, 5.74) is 0. The normalized spacial score (nSPS) is 17.5. The van der Waals surface area contributed by atoms with Gasteiger partial charge in [0.1, 0.15) is 0 Å². The molecule has 7 heteroatoms. The second-order valence-electron chi connectivity index (χ2n) is 1.65. The maximum absolute atomic E-state index is 11.6. The molecule has 0 aliphatic rings. The number of hydrogen-bond donors (Lipinski definition) is 2. The van der Waals surface area contributed by atoms with Crippen LogP contribution in [0.2, 0.25) is 0 Å². The molecule has 1 unspecified atom stereocenters. The van der Waals surface area contributed by atoms with Gasteiger partial charge in [0.15, 0.2) is 0 Å². The fourth-order valence-corrected chi connectivity index (χ4v) is 0.324. The minimum absolute atomic E-state index is 0.446. The van der Waals surface area contributed by atoms with Crippen LogP contribution in [0, 0.1) is 0 Å². The van der Waals surface area contributed by atoms with Crippen LogP contribution >= 0.6 is 0 Å². The van der Waals surface area contributed by atoms with E-state index in [4.69, 9.17) is 10.2 Å². The molecule has 0 bridgehead atoms. The predicted molar refractivity (Wildman–Crippen MR) is 25.6 cm³/mol. The molecule has 0 aliphatic carbocycles. The molecule has 0 aromatic heterocycles. The van der Waals surface area contributed by atoms with Crippen LogP contribution in [-0.4, -0.2) is 35.3 Å². The number of hydrogen-bond acceptors (Lipinski definition) is 3. The van der Waals surface area contributed by atoms with E-state index in [0.29, 0.717) is 7.11 Å². The highest BCUT2D eigenvalue weighted by atomic mass is 19.4. The van der Waals surface area contributed by atoms with Crippen molar-refractivity contribution in [3.8, 4) is 0 Å². The fraction of sp³-hybridized carbons (Fsp3) is 0.750. The molecule has 0 aromatic carbocycles. The van der Waals surface area contributed by atoms with Gasteiger partial charge in [0.05, 0.1) is 0 Å². The van der Waals surface area contributed by atoms with Crippen molar-refractivity contribution in [2.24, 2.45) is 0 Å². The summed E-state index contributed by atoms with van der Waals surface area (Å²) in [6, 6.07) is 0. The van der Waals surface area contributed by atoms with E-state index in [9.17, 15) is 18.0 Å². The van der Waals surface area contributed by atoms with Gasteiger partial charge in [-0.2, -0.15) is 13.2 Å². The Labute approximate surface area is 59.2 Å². The predicted octanol–water partition coefficient (Wildman–Crippen LogP) is -0.0317. The highest BCUT2D eigenvalue weighted by Gasteiger charge is 2.61. The summed E-state index contributed by atoms with van der Waals surface area (Å²) in [7, 11) is 0.446. The quantitative estimate of drug-likeness (QED) is 0.577. The van der Waals surface area contributed by atoms with Crippen LogP contribution in [0.1, 0.15) is 0 Å². The van der Waals surface area contributed by atoms with E-state index in [1.165, 1.54) is 0 Å². The van der Waals surface area contributed by atoms with Crippen LogP contribution in [0.25, 0.3) is 0 Å². The molecule has 0 radical (unpaired) electrons. The number of carboxylic acids is 1. The molecule has 4 nitrogen and oxygen atoms in total. The Morgan fingerprint density at radius 2 is 1.82 bits per heavy atom. The molecule has 0 saturated heterocycles. The molecule has 0 rings (SSSR count). The van der Waals surface area contributed by atoms with Gasteiger partial charge in [-0.3, -0.25) is 0 Å². The van der Waals surface area contributed by atoms with Crippen LogP contribution < -0.4 is 0 Å². The number of ether oxygens (including phenoxy) is 1. The Morgan fingerprint density at radius 3 is 1.82 bits per heavy atom. The molecular weight excluding hydrogens is 169 g/mol. The van der Waals surface area contributed by atoms with Crippen LogP contribution in [0.4, 0.5) is 13.2 Å². The third-order valence-electron chi connectivity index (χ3n) is 0.970. The summed E-state index contributed by atoms with van der Waals surface area (Å²) < 4.78 is 38.2. The first-order valence-electron chi connectivity index (χ1n) is 2.33. The highest BCUT2D eigenvalue weighted by molar-refractivity contribution is 5.76. The lowest BCUT2D eigenvalue weighted by Crippen LogP contribution is -2.53. The minimum Gasteiger partial charge on any atom is -0.477 e. The van der Waals surface area contributed by atoms with Crippen LogP contribution in [-0.2, 0) is 9.53 Å². The number of carboxylic acid groups (broad SMARTS) is 1. The second kappa shape index (κ2) is 2.67. The van der Waals surface area contributed by atoms with Gasteiger partial charge in [0.25, 0.3) is 0 Å². The molecule has 66 valence electrons.